The third-order valence-electron chi connectivity index (χ3n) is 3.77. The molecule has 0 aliphatic heterocycles. The Morgan fingerprint density at radius 3 is 2.33 bits per heavy atom. The highest BCUT2D eigenvalue weighted by molar-refractivity contribution is 9.10. The zero-order chi connectivity index (χ0) is 21.3. The summed E-state index contributed by atoms with van der Waals surface area (Å²) in [4.78, 5) is 24.0. The number of rotatable bonds is 7. The van der Waals surface area contributed by atoms with Crippen LogP contribution in [0.2, 0.25) is 5.02 Å². The Kier molecular flexibility index (Phi) is 7.59. The molecule has 0 aliphatic carbocycles. The number of carbonyl (C=O) groups is 2. The molecule has 0 radical (unpaired) electrons. The Morgan fingerprint density at radius 2 is 1.63 bits per heavy atom. The lowest BCUT2D eigenvalue weighted by Crippen LogP contribution is -2.24. The molecule has 3 aromatic carbocycles. The zero-order valence-electron chi connectivity index (χ0n) is 15.5. The van der Waals surface area contributed by atoms with Crippen molar-refractivity contribution in [3.8, 4) is 11.5 Å². The topological polar surface area (TPSA) is 77.0 Å². The van der Waals surface area contributed by atoms with E-state index in [1.165, 1.54) is 6.21 Å². The van der Waals surface area contributed by atoms with Crippen LogP contribution in [-0.4, -0.2) is 24.7 Å². The molecule has 0 atom stereocenters. The van der Waals surface area contributed by atoms with Crippen molar-refractivity contribution in [3.63, 3.8) is 0 Å². The highest BCUT2D eigenvalue weighted by atomic mass is 79.9. The van der Waals surface area contributed by atoms with Gasteiger partial charge in [-0.05, 0) is 82.2 Å². The largest absolute Gasteiger partial charge is 0.484 e. The van der Waals surface area contributed by atoms with Crippen LogP contribution in [0.25, 0.3) is 0 Å². The lowest BCUT2D eigenvalue weighted by Gasteiger charge is -2.06. The van der Waals surface area contributed by atoms with Gasteiger partial charge in [-0.1, -0.05) is 23.7 Å². The van der Waals surface area contributed by atoms with Gasteiger partial charge in [-0.3, -0.25) is 4.79 Å². The summed E-state index contributed by atoms with van der Waals surface area (Å²) in [6.07, 6.45) is 1.47. The molecule has 1 amide bonds. The van der Waals surface area contributed by atoms with Crippen molar-refractivity contribution in [2.75, 3.05) is 6.61 Å². The molecule has 0 bridgehead atoms. The van der Waals surface area contributed by atoms with E-state index in [1.54, 1.807) is 66.7 Å². The molecular formula is C22H16BrClN2O4. The van der Waals surface area contributed by atoms with Gasteiger partial charge >= 0.3 is 5.97 Å². The van der Waals surface area contributed by atoms with Crippen LogP contribution in [0.3, 0.4) is 0 Å². The van der Waals surface area contributed by atoms with Crippen LogP contribution in [0.15, 0.2) is 82.4 Å². The maximum Gasteiger partial charge on any atom is 0.344 e. The molecule has 0 saturated carbocycles. The standard InChI is InChI=1S/C22H16BrClN2O4/c23-20-4-2-1-3-19(20)22(28)30-18-9-5-15(6-10-18)13-25-26-21(27)14-29-17-11-7-16(24)8-12-17/h1-13H,14H2,(H,26,27). The molecule has 0 aromatic heterocycles. The quantitative estimate of drug-likeness (QED) is 0.224. The van der Waals surface area contributed by atoms with E-state index in [4.69, 9.17) is 21.1 Å². The van der Waals surface area contributed by atoms with Gasteiger partial charge in [0.1, 0.15) is 11.5 Å². The number of hydrazone groups is 1. The minimum atomic E-state index is -0.461. The van der Waals surface area contributed by atoms with Gasteiger partial charge in [0.25, 0.3) is 5.91 Å². The number of hydrogen-bond acceptors (Lipinski definition) is 5. The first kappa shape index (κ1) is 21.5. The average Bonchev–Trinajstić information content (AvgIpc) is 2.75. The fourth-order valence-corrected chi connectivity index (χ4v) is 2.87. The van der Waals surface area contributed by atoms with Gasteiger partial charge in [0, 0.05) is 9.50 Å². The number of amides is 1. The molecule has 0 unspecified atom stereocenters. The van der Waals surface area contributed by atoms with E-state index in [-0.39, 0.29) is 6.61 Å². The van der Waals surface area contributed by atoms with Crippen LogP contribution in [0.4, 0.5) is 0 Å². The normalized spacial score (nSPS) is 10.6. The molecule has 3 rings (SSSR count). The third kappa shape index (κ3) is 6.43. The van der Waals surface area contributed by atoms with Crippen LogP contribution in [0.5, 0.6) is 11.5 Å². The zero-order valence-corrected chi connectivity index (χ0v) is 17.9. The molecule has 0 heterocycles. The maximum absolute atomic E-state index is 12.2. The summed E-state index contributed by atoms with van der Waals surface area (Å²) in [7, 11) is 0. The van der Waals surface area contributed by atoms with Crippen LogP contribution in [0, 0.1) is 0 Å². The molecule has 0 spiro atoms. The molecule has 8 heteroatoms. The second-order valence-electron chi connectivity index (χ2n) is 5.97. The molecule has 3 aromatic rings. The predicted octanol–water partition coefficient (Wildman–Crippen LogP) is 4.85. The summed E-state index contributed by atoms with van der Waals surface area (Å²) in [6.45, 7) is -0.178. The number of nitrogens with one attached hydrogen (secondary N) is 1. The maximum atomic E-state index is 12.2. The molecule has 152 valence electrons. The predicted molar refractivity (Wildman–Crippen MR) is 118 cm³/mol. The molecular weight excluding hydrogens is 472 g/mol. The Morgan fingerprint density at radius 1 is 0.967 bits per heavy atom. The van der Waals surface area contributed by atoms with Crippen LogP contribution < -0.4 is 14.9 Å². The Balaban J connectivity index is 1.47. The number of halogens is 2. The first-order valence-corrected chi connectivity index (χ1v) is 9.95. The third-order valence-corrected chi connectivity index (χ3v) is 4.71. The van der Waals surface area contributed by atoms with E-state index in [2.05, 4.69) is 26.5 Å². The first-order chi connectivity index (χ1) is 14.5. The molecule has 0 aliphatic rings. The molecule has 30 heavy (non-hydrogen) atoms. The molecule has 6 nitrogen and oxygen atoms in total. The summed E-state index contributed by atoms with van der Waals surface area (Å²) in [6, 6.07) is 20.4. The van der Waals surface area contributed by atoms with Gasteiger partial charge in [0.05, 0.1) is 11.8 Å². The smallest absolute Gasteiger partial charge is 0.344 e. The number of ether oxygens (including phenoxy) is 2. The number of esters is 1. The van der Waals surface area contributed by atoms with Gasteiger partial charge in [0.15, 0.2) is 6.61 Å². The number of carbonyl (C=O) groups excluding carboxylic acids is 2. The van der Waals surface area contributed by atoms with Crippen LogP contribution in [-0.2, 0) is 4.79 Å². The van der Waals surface area contributed by atoms with Crippen molar-refractivity contribution in [1.29, 1.82) is 0 Å². The summed E-state index contributed by atoms with van der Waals surface area (Å²) < 4.78 is 11.3. The molecule has 1 N–H and O–H groups in total. The van der Waals surface area contributed by atoms with E-state index in [9.17, 15) is 9.59 Å². The Bertz CT molecular complexity index is 1050. The SMILES string of the molecule is O=C(COc1ccc(Cl)cc1)NN=Cc1ccc(OC(=O)c2ccccc2Br)cc1. The number of hydrogen-bond donors (Lipinski definition) is 1. The fourth-order valence-electron chi connectivity index (χ4n) is 2.30. The minimum absolute atomic E-state index is 0.178. The van der Waals surface area contributed by atoms with E-state index >= 15 is 0 Å². The lowest BCUT2D eigenvalue weighted by molar-refractivity contribution is -0.123. The number of nitrogens with zero attached hydrogens (tertiary/aromatic N) is 1. The Labute approximate surface area is 186 Å². The van der Waals surface area contributed by atoms with Crippen LogP contribution >= 0.6 is 27.5 Å². The van der Waals surface area contributed by atoms with Gasteiger partial charge in [0.2, 0.25) is 0 Å². The summed E-state index contributed by atoms with van der Waals surface area (Å²) in [5, 5.41) is 4.47. The van der Waals surface area contributed by atoms with Gasteiger partial charge < -0.3 is 9.47 Å². The first-order valence-electron chi connectivity index (χ1n) is 8.78. The summed E-state index contributed by atoms with van der Waals surface area (Å²) in [5.41, 5.74) is 3.53. The van der Waals surface area contributed by atoms with E-state index in [1.807, 2.05) is 6.07 Å². The summed E-state index contributed by atoms with van der Waals surface area (Å²) in [5.74, 6) is 0.0662. The van der Waals surface area contributed by atoms with E-state index in [0.717, 1.165) is 5.56 Å². The van der Waals surface area contributed by atoms with Crippen molar-refractivity contribution in [3.05, 3.63) is 93.4 Å². The lowest BCUT2D eigenvalue weighted by atomic mass is 10.2. The monoisotopic (exact) mass is 486 g/mol. The second-order valence-corrected chi connectivity index (χ2v) is 7.26. The molecule has 0 saturated heterocycles. The average molecular weight is 488 g/mol. The Hall–Kier alpha value is -3.16. The van der Waals surface area contributed by atoms with E-state index < -0.39 is 11.9 Å². The van der Waals surface area contributed by atoms with Gasteiger partial charge in [-0.25, -0.2) is 10.2 Å². The fraction of sp³-hybridized carbons (Fsp3) is 0.0455. The highest BCUT2D eigenvalue weighted by Crippen LogP contribution is 2.19. The van der Waals surface area contributed by atoms with Crippen LogP contribution in [0.1, 0.15) is 15.9 Å². The minimum Gasteiger partial charge on any atom is -0.484 e. The van der Waals surface area contributed by atoms with Crippen molar-refractivity contribution in [2.45, 2.75) is 0 Å². The van der Waals surface area contributed by atoms with Crippen molar-refractivity contribution in [2.24, 2.45) is 5.10 Å². The second kappa shape index (κ2) is 10.6. The summed E-state index contributed by atoms with van der Waals surface area (Å²) >= 11 is 9.11. The van der Waals surface area contributed by atoms with Crippen molar-refractivity contribution < 1.29 is 19.1 Å². The van der Waals surface area contributed by atoms with Crippen molar-refractivity contribution in [1.82, 2.24) is 5.43 Å². The number of benzene rings is 3. The van der Waals surface area contributed by atoms with Crippen molar-refractivity contribution >= 4 is 45.6 Å². The highest BCUT2D eigenvalue weighted by Gasteiger charge is 2.11. The molecule has 0 fully saturated rings. The van der Waals surface area contributed by atoms with Gasteiger partial charge in [-0.15, -0.1) is 0 Å². The van der Waals surface area contributed by atoms with Gasteiger partial charge in [-0.2, -0.15) is 5.10 Å². The van der Waals surface area contributed by atoms with E-state index in [0.29, 0.717) is 26.6 Å².